The van der Waals surface area contributed by atoms with Crippen LogP contribution in [0.25, 0.3) is 56.0 Å². The molecule has 0 amide bonds. The van der Waals surface area contributed by atoms with Crippen molar-refractivity contribution in [2.45, 2.75) is 0 Å². The summed E-state index contributed by atoms with van der Waals surface area (Å²) in [6.07, 6.45) is 10.2. The second kappa shape index (κ2) is 6.77. The fourth-order valence-corrected chi connectivity index (χ4v) is 3.61. The van der Waals surface area contributed by atoms with Crippen molar-refractivity contribution < 1.29 is 9.15 Å². The number of pyridine rings is 3. The molecule has 0 unspecified atom stereocenters. The molecule has 0 aromatic carbocycles. The lowest BCUT2D eigenvalue weighted by molar-refractivity contribution is 0.413. The topological polar surface area (TPSA) is 118 Å². The van der Waals surface area contributed by atoms with Gasteiger partial charge in [-0.25, -0.2) is 9.97 Å². The number of nitrogens with zero attached hydrogens (tertiary/aromatic N) is 5. The van der Waals surface area contributed by atoms with Crippen molar-refractivity contribution in [2.75, 3.05) is 7.11 Å². The van der Waals surface area contributed by atoms with Gasteiger partial charge in [0.1, 0.15) is 11.4 Å². The van der Waals surface area contributed by atoms with Crippen molar-refractivity contribution in [1.29, 1.82) is 0 Å². The number of aromatic nitrogens is 7. The normalized spacial score (nSPS) is 11.4. The first-order valence-corrected chi connectivity index (χ1v) is 9.51. The lowest BCUT2D eigenvalue weighted by Crippen LogP contribution is -1.89. The number of H-pyrrole nitrogens is 2. The molecule has 31 heavy (non-hydrogen) atoms. The van der Waals surface area contributed by atoms with Crippen LogP contribution >= 0.6 is 0 Å². The van der Waals surface area contributed by atoms with E-state index >= 15 is 0 Å². The zero-order valence-corrected chi connectivity index (χ0v) is 16.3. The molecule has 6 aromatic rings. The predicted octanol–water partition coefficient (Wildman–Crippen LogP) is 4.23. The highest BCUT2D eigenvalue weighted by molar-refractivity contribution is 5.96. The summed E-state index contributed by atoms with van der Waals surface area (Å²) >= 11 is 0. The van der Waals surface area contributed by atoms with E-state index in [1.165, 1.54) is 0 Å². The Bertz CT molecular complexity index is 1530. The maximum atomic E-state index is 5.28. The lowest BCUT2D eigenvalue weighted by Gasteiger charge is -2.03. The zero-order chi connectivity index (χ0) is 20.8. The minimum Gasteiger partial charge on any atom is -0.495 e. The number of hydrogen-bond acceptors (Lipinski definition) is 7. The van der Waals surface area contributed by atoms with E-state index < -0.39 is 0 Å². The average Bonchev–Trinajstić information content (AvgIpc) is 3.57. The van der Waals surface area contributed by atoms with Crippen LogP contribution in [0, 0.1) is 0 Å². The largest absolute Gasteiger partial charge is 0.495 e. The van der Waals surface area contributed by atoms with Crippen LogP contribution in [0.1, 0.15) is 0 Å². The van der Waals surface area contributed by atoms with Crippen molar-refractivity contribution >= 4 is 22.1 Å². The number of ether oxygens (including phenoxy) is 1. The smallest absolute Gasteiger partial charge is 0.178 e. The monoisotopic (exact) mass is 409 g/mol. The third-order valence-electron chi connectivity index (χ3n) is 5.14. The summed E-state index contributed by atoms with van der Waals surface area (Å²) in [5.74, 6) is 1.28. The van der Waals surface area contributed by atoms with E-state index in [2.05, 4.69) is 35.1 Å². The summed E-state index contributed by atoms with van der Waals surface area (Å²) in [5.41, 5.74) is 6.44. The van der Waals surface area contributed by atoms with Crippen LogP contribution in [-0.2, 0) is 0 Å². The van der Waals surface area contributed by atoms with Crippen molar-refractivity contribution in [3.8, 4) is 39.7 Å². The summed E-state index contributed by atoms with van der Waals surface area (Å²) in [5, 5.41) is 8.39. The van der Waals surface area contributed by atoms with Gasteiger partial charge in [0.2, 0.25) is 0 Å². The number of rotatable bonds is 4. The molecular weight excluding hydrogens is 394 g/mol. The second-order valence-electron chi connectivity index (χ2n) is 6.96. The number of fused-ring (bicyclic) bond motifs is 2. The van der Waals surface area contributed by atoms with Gasteiger partial charge in [0.15, 0.2) is 11.5 Å². The number of furan rings is 1. The number of aromatic amines is 2. The van der Waals surface area contributed by atoms with Gasteiger partial charge in [-0.05, 0) is 24.3 Å². The fraction of sp³-hybridized carbons (Fsp3) is 0.0455. The Morgan fingerprint density at radius 3 is 2.87 bits per heavy atom. The zero-order valence-electron chi connectivity index (χ0n) is 16.3. The van der Waals surface area contributed by atoms with Gasteiger partial charge in [0.25, 0.3) is 0 Å². The van der Waals surface area contributed by atoms with E-state index in [-0.39, 0.29) is 0 Å². The molecule has 2 N–H and O–H groups in total. The maximum Gasteiger partial charge on any atom is 0.178 e. The molecule has 0 saturated heterocycles. The van der Waals surface area contributed by atoms with Crippen LogP contribution in [-0.4, -0.2) is 42.2 Å². The van der Waals surface area contributed by atoms with Gasteiger partial charge < -0.3 is 14.1 Å². The molecule has 0 aliphatic heterocycles. The molecule has 150 valence electrons. The quantitative estimate of drug-likeness (QED) is 0.447. The number of methoxy groups -OCH3 is 1. The molecule has 0 atom stereocenters. The average molecular weight is 409 g/mol. The van der Waals surface area contributed by atoms with Crippen LogP contribution in [0.5, 0.6) is 5.75 Å². The third-order valence-corrected chi connectivity index (χ3v) is 5.14. The lowest BCUT2D eigenvalue weighted by atomic mass is 10.1. The van der Waals surface area contributed by atoms with E-state index in [1.54, 1.807) is 44.4 Å². The van der Waals surface area contributed by atoms with Gasteiger partial charge in [-0.2, -0.15) is 5.10 Å². The Morgan fingerprint density at radius 1 is 1.03 bits per heavy atom. The Morgan fingerprint density at radius 2 is 2.00 bits per heavy atom. The highest BCUT2D eigenvalue weighted by Gasteiger charge is 2.17. The maximum absolute atomic E-state index is 5.28. The highest BCUT2D eigenvalue weighted by atomic mass is 16.5. The van der Waals surface area contributed by atoms with Crippen LogP contribution in [0.4, 0.5) is 0 Å². The third kappa shape index (κ3) is 2.83. The van der Waals surface area contributed by atoms with Gasteiger partial charge in [-0.1, -0.05) is 0 Å². The van der Waals surface area contributed by atoms with Gasteiger partial charge >= 0.3 is 0 Å². The number of hydrogen-bond donors (Lipinski definition) is 2. The SMILES string of the molecule is COc1cncc(-c2cc3c(-c4nc5nccc(-c6ccoc6)c5[nH]4)n[nH]c3cn2)c1. The Labute approximate surface area is 175 Å². The summed E-state index contributed by atoms with van der Waals surface area (Å²) < 4.78 is 10.5. The summed E-state index contributed by atoms with van der Waals surface area (Å²) in [6.45, 7) is 0. The molecule has 0 bridgehead atoms. The minimum atomic E-state index is 0.608. The summed E-state index contributed by atoms with van der Waals surface area (Å²) in [6, 6.07) is 7.68. The standard InChI is InChI=1S/C22H15N7O2/c1-30-14-6-13(8-23-9-14)17-7-16-18(10-25-17)28-29-20(16)22-26-19-15(12-3-5-31-11-12)2-4-24-21(19)27-22/h2-11H,1H3,(H,28,29)(H,24,26,27). The molecule has 0 aliphatic rings. The Kier molecular flexibility index (Phi) is 3.79. The molecular formula is C22H15N7O2. The molecule has 9 nitrogen and oxygen atoms in total. The Hall–Kier alpha value is -4.53. The minimum absolute atomic E-state index is 0.608. The molecule has 0 saturated carbocycles. The van der Waals surface area contributed by atoms with Gasteiger partial charge in [-0.15, -0.1) is 0 Å². The molecule has 0 spiro atoms. The molecule has 6 heterocycles. The summed E-state index contributed by atoms with van der Waals surface area (Å²) in [4.78, 5) is 21.2. The number of nitrogens with one attached hydrogen (secondary N) is 2. The van der Waals surface area contributed by atoms with E-state index in [0.717, 1.165) is 38.8 Å². The fourth-order valence-electron chi connectivity index (χ4n) is 3.61. The van der Waals surface area contributed by atoms with Crippen molar-refractivity contribution in [2.24, 2.45) is 0 Å². The van der Waals surface area contributed by atoms with Crippen LogP contribution in [0.15, 0.2) is 66.0 Å². The molecule has 9 heteroatoms. The van der Waals surface area contributed by atoms with E-state index in [0.29, 0.717) is 22.9 Å². The molecule has 6 rings (SSSR count). The van der Waals surface area contributed by atoms with Gasteiger partial charge in [0.05, 0.1) is 48.8 Å². The van der Waals surface area contributed by atoms with Crippen LogP contribution < -0.4 is 4.74 Å². The Balaban J connectivity index is 1.50. The highest BCUT2D eigenvalue weighted by Crippen LogP contribution is 2.32. The van der Waals surface area contributed by atoms with Gasteiger partial charge in [-0.3, -0.25) is 15.1 Å². The molecule has 6 aromatic heterocycles. The van der Waals surface area contributed by atoms with E-state index in [9.17, 15) is 0 Å². The van der Waals surface area contributed by atoms with Crippen LogP contribution in [0.3, 0.4) is 0 Å². The van der Waals surface area contributed by atoms with Crippen molar-refractivity contribution in [1.82, 2.24) is 35.1 Å². The second-order valence-corrected chi connectivity index (χ2v) is 6.96. The van der Waals surface area contributed by atoms with E-state index in [1.807, 2.05) is 24.3 Å². The first-order valence-electron chi connectivity index (χ1n) is 9.51. The predicted molar refractivity (Wildman–Crippen MR) is 114 cm³/mol. The summed E-state index contributed by atoms with van der Waals surface area (Å²) in [7, 11) is 1.61. The first kappa shape index (κ1) is 17.3. The van der Waals surface area contributed by atoms with Crippen molar-refractivity contribution in [3.05, 3.63) is 61.6 Å². The molecule has 0 fully saturated rings. The van der Waals surface area contributed by atoms with Crippen LogP contribution in [0.2, 0.25) is 0 Å². The van der Waals surface area contributed by atoms with Crippen molar-refractivity contribution in [3.63, 3.8) is 0 Å². The van der Waals surface area contributed by atoms with E-state index in [4.69, 9.17) is 9.15 Å². The number of imidazole rings is 1. The molecule has 0 aliphatic carbocycles. The first-order chi connectivity index (χ1) is 15.3. The molecule has 0 radical (unpaired) electrons. The van der Waals surface area contributed by atoms with Gasteiger partial charge in [0, 0.05) is 34.5 Å².